The third-order valence-corrected chi connectivity index (χ3v) is 1.89. The maximum atomic E-state index is 4.14. The van der Waals surface area contributed by atoms with Crippen molar-refractivity contribution in [2.45, 2.75) is 13.8 Å². The first kappa shape index (κ1) is 9.46. The third-order valence-electron chi connectivity index (χ3n) is 1.66. The Kier molecular flexibility index (Phi) is 3.48. The van der Waals surface area contributed by atoms with E-state index in [-0.39, 0.29) is 0 Å². The van der Waals surface area contributed by atoms with E-state index >= 15 is 0 Å². The zero-order valence-corrected chi connectivity index (χ0v) is 8.49. The molecule has 0 fully saturated rings. The van der Waals surface area contributed by atoms with Gasteiger partial charge in [0.25, 0.3) is 0 Å². The van der Waals surface area contributed by atoms with Crippen LogP contribution in [0.1, 0.15) is 11.1 Å². The van der Waals surface area contributed by atoms with E-state index in [0.717, 1.165) is 12.3 Å². The van der Waals surface area contributed by atoms with Crippen molar-refractivity contribution in [3.63, 3.8) is 0 Å². The molecule has 1 aromatic carbocycles. The fourth-order valence-corrected chi connectivity index (χ4v) is 1.39. The first-order valence-electron chi connectivity index (χ1n) is 4.15. The van der Waals surface area contributed by atoms with E-state index < -0.39 is 0 Å². The maximum absolute atomic E-state index is 4.14. The van der Waals surface area contributed by atoms with Crippen molar-refractivity contribution in [1.29, 1.82) is 0 Å². The van der Waals surface area contributed by atoms with Gasteiger partial charge in [-0.15, -0.1) is 0 Å². The molecule has 0 saturated heterocycles. The summed E-state index contributed by atoms with van der Waals surface area (Å²) in [6.07, 6.45) is 0. The molecule has 0 bridgehead atoms. The monoisotopic (exact) mass is 181 g/mol. The highest BCUT2D eigenvalue weighted by atomic mass is 32.1. The van der Waals surface area contributed by atoms with Crippen LogP contribution in [-0.2, 0) is 0 Å². The van der Waals surface area contributed by atoms with Crippen molar-refractivity contribution in [3.05, 3.63) is 29.3 Å². The van der Waals surface area contributed by atoms with Crippen LogP contribution in [0.2, 0.25) is 0 Å². The number of hydrogen-bond donors (Lipinski definition) is 2. The molecule has 0 atom stereocenters. The second-order valence-corrected chi connectivity index (χ2v) is 3.47. The molecule has 0 aliphatic carbocycles. The highest BCUT2D eigenvalue weighted by Crippen LogP contribution is 2.13. The second-order valence-electron chi connectivity index (χ2n) is 3.03. The molecule has 1 N–H and O–H groups in total. The third kappa shape index (κ3) is 2.78. The van der Waals surface area contributed by atoms with Crippen LogP contribution in [0.4, 0.5) is 5.69 Å². The molecule has 2 heteroatoms. The summed E-state index contributed by atoms with van der Waals surface area (Å²) in [4.78, 5) is 0. The Morgan fingerprint density at radius 1 is 1.17 bits per heavy atom. The van der Waals surface area contributed by atoms with Crippen LogP contribution in [0.25, 0.3) is 0 Å². The largest absolute Gasteiger partial charge is 0.384 e. The highest BCUT2D eigenvalue weighted by molar-refractivity contribution is 7.80. The van der Waals surface area contributed by atoms with Crippen molar-refractivity contribution in [2.24, 2.45) is 0 Å². The standard InChI is InChI=1S/C10H15NS/c1-8-5-9(2)7-10(6-8)11-3-4-12/h5-7,11-12H,3-4H2,1-2H3. The van der Waals surface area contributed by atoms with E-state index in [1.54, 1.807) is 0 Å². The number of hydrogen-bond acceptors (Lipinski definition) is 2. The Hall–Kier alpha value is -0.630. The van der Waals surface area contributed by atoms with Crippen LogP contribution < -0.4 is 5.32 Å². The molecule has 0 spiro atoms. The summed E-state index contributed by atoms with van der Waals surface area (Å²) in [5.41, 5.74) is 3.80. The molecule has 1 rings (SSSR count). The Morgan fingerprint density at radius 2 is 1.75 bits per heavy atom. The van der Waals surface area contributed by atoms with Gasteiger partial charge in [0.1, 0.15) is 0 Å². The minimum Gasteiger partial charge on any atom is -0.384 e. The number of rotatable bonds is 3. The second kappa shape index (κ2) is 4.41. The van der Waals surface area contributed by atoms with Crippen LogP contribution in [0.15, 0.2) is 18.2 Å². The molecule has 0 heterocycles. The summed E-state index contributed by atoms with van der Waals surface area (Å²) in [6.45, 7) is 5.14. The Labute approximate surface area is 79.6 Å². The van der Waals surface area contributed by atoms with Gasteiger partial charge < -0.3 is 5.32 Å². The number of nitrogens with one attached hydrogen (secondary N) is 1. The SMILES string of the molecule is Cc1cc(C)cc(NCCS)c1. The lowest BCUT2D eigenvalue weighted by molar-refractivity contribution is 1.22. The fraction of sp³-hybridized carbons (Fsp3) is 0.400. The zero-order chi connectivity index (χ0) is 8.97. The Balaban J connectivity index is 2.72. The molecular weight excluding hydrogens is 166 g/mol. The maximum Gasteiger partial charge on any atom is 0.0345 e. The van der Waals surface area contributed by atoms with E-state index in [0.29, 0.717) is 0 Å². The molecule has 0 aliphatic heterocycles. The van der Waals surface area contributed by atoms with Gasteiger partial charge in [0.05, 0.1) is 0 Å². The summed E-state index contributed by atoms with van der Waals surface area (Å²) in [7, 11) is 0. The van der Waals surface area contributed by atoms with Crippen LogP contribution in [-0.4, -0.2) is 12.3 Å². The lowest BCUT2D eigenvalue weighted by Gasteiger charge is -2.06. The van der Waals surface area contributed by atoms with Gasteiger partial charge in [-0.25, -0.2) is 0 Å². The fourth-order valence-electron chi connectivity index (χ4n) is 1.28. The van der Waals surface area contributed by atoms with Gasteiger partial charge >= 0.3 is 0 Å². The smallest absolute Gasteiger partial charge is 0.0345 e. The average Bonchev–Trinajstić information content (AvgIpc) is 1.99. The number of benzene rings is 1. The van der Waals surface area contributed by atoms with Crippen molar-refractivity contribution in [1.82, 2.24) is 0 Å². The molecular formula is C10H15NS. The summed E-state index contributed by atoms with van der Waals surface area (Å²) in [5, 5.41) is 3.30. The van der Waals surface area contributed by atoms with E-state index in [4.69, 9.17) is 0 Å². The summed E-state index contributed by atoms with van der Waals surface area (Å²) >= 11 is 4.14. The minimum absolute atomic E-state index is 0.868. The van der Waals surface area contributed by atoms with E-state index in [1.807, 2.05) is 0 Å². The molecule has 66 valence electrons. The lowest BCUT2D eigenvalue weighted by Crippen LogP contribution is -2.02. The van der Waals surface area contributed by atoms with Gasteiger partial charge in [0.15, 0.2) is 0 Å². The van der Waals surface area contributed by atoms with E-state index in [2.05, 4.69) is 50.0 Å². The van der Waals surface area contributed by atoms with E-state index in [9.17, 15) is 0 Å². The van der Waals surface area contributed by atoms with Crippen LogP contribution in [0.5, 0.6) is 0 Å². The van der Waals surface area contributed by atoms with Crippen molar-refractivity contribution >= 4 is 18.3 Å². The summed E-state index contributed by atoms with van der Waals surface area (Å²) < 4.78 is 0. The van der Waals surface area contributed by atoms with Gasteiger partial charge in [0.2, 0.25) is 0 Å². The molecule has 1 aromatic rings. The zero-order valence-electron chi connectivity index (χ0n) is 7.59. The molecule has 0 amide bonds. The van der Waals surface area contributed by atoms with E-state index in [1.165, 1.54) is 16.8 Å². The van der Waals surface area contributed by atoms with Crippen molar-refractivity contribution < 1.29 is 0 Å². The molecule has 0 saturated carbocycles. The predicted octanol–water partition coefficient (Wildman–Crippen LogP) is 2.65. The number of aryl methyl sites for hydroxylation is 2. The Morgan fingerprint density at radius 3 is 2.25 bits per heavy atom. The lowest BCUT2D eigenvalue weighted by atomic mass is 10.1. The summed E-state index contributed by atoms with van der Waals surface area (Å²) in [6, 6.07) is 6.47. The number of thiol groups is 1. The van der Waals surface area contributed by atoms with Gasteiger partial charge in [-0.3, -0.25) is 0 Å². The van der Waals surface area contributed by atoms with Crippen LogP contribution in [0, 0.1) is 13.8 Å². The normalized spacial score (nSPS) is 9.92. The molecule has 0 radical (unpaired) electrons. The van der Waals surface area contributed by atoms with Crippen LogP contribution in [0.3, 0.4) is 0 Å². The molecule has 0 aromatic heterocycles. The van der Waals surface area contributed by atoms with Gasteiger partial charge in [-0.2, -0.15) is 12.6 Å². The molecule has 12 heavy (non-hydrogen) atoms. The topological polar surface area (TPSA) is 12.0 Å². The Bertz CT molecular complexity index is 238. The minimum atomic E-state index is 0.868. The van der Waals surface area contributed by atoms with Crippen LogP contribution >= 0.6 is 12.6 Å². The van der Waals surface area contributed by atoms with Gasteiger partial charge in [-0.05, 0) is 37.1 Å². The molecule has 0 aliphatic rings. The average molecular weight is 181 g/mol. The van der Waals surface area contributed by atoms with Crippen molar-refractivity contribution in [2.75, 3.05) is 17.6 Å². The van der Waals surface area contributed by atoms with Gasteiger partial charge in [0, 0.05) is 18.0 Å². The van der Waals surface area contributed by atoms with Crippen molar-refractivity contribution in [3.8, 4) is 0 Å². The predicted molar refractivity (Wildman–Crippen MR) is 58.3 cm³/mol. The molecule has 0 unspecified atom stereocenters. The number of anilines is 1. The van der Waals surface area contributed by atoms with Gasteiger partial charge in [-0.1, -0.05) is 6.07 Å². The first-order chi connectivity index (χ1) is 5.72. The highest BCUT2D eigenvalue weighted by Gasteiger charge is 1.93. The summed E-state index contributed by atoms with van der Waals surface area (Å²) in [5.74, 6) is 0.868. The first-order valence-corrected chi connectivity index (χ1v) is 4.78. The molecule has 1 nitrogen and oxygen atoms in total. The quantitative estimate of drug-likeness (QED) is 0.683.